The van der Waals surface area contributed by atoms with Crippen molar-refractivity contribution < 1.29 is 4.79 Å². The van der Waals surface area contributed by atoms with Gasteiger partial charge in [0.25, 0.3) is 5.91 Å². The summed E-state index contributed by atoms with van der Waals surface area (Å²) in [6.07, 6.45) is 2.54. The van der Waals surface area contributed by atoms with E-state index in [1.165, 1.54) is 5.69 Å². The molecule has 1 fully saturated rings. The van der Waals surface area contributed by atoms with Crippen LogP contribution in [0.1, 0.15) is 23.1 Å². The first-order chi connectivity index (χ1) is 12.7. The van der Waals surface area contributed by atoms with Crippen LogP contribution in [0.25, 0.3) is 5.65 Å². The van der Waals surface area contributed by atoms with Gasteiger partial charge in [-0.2, -0.15) is 0 Å². The molecule has 0 radical (unpaired) electrons. The largest absolute Gasteiger partial charge is 0.368 e. The van der Waals surface area contributed by atoms with Crippen LogP contribution in [0.15, 0.2) is 48.7 Å². The number of hydrogen-bond acceptors (Lipinski definition) is 3. The molecule has 134 valence electrons. The third-order valence-corrected chi connectivity index (χ3v) is 5.12. The SMILES string of the molecule is CCc1nc2cc(Cl)ccn2c1C(=O)N1CCN(c2ccccc2)CC1. The third-order valence-electron chi connectivity index (χ3n) is 4.89. The molecule has 6 heteroatoms. The van der Waals surface area contributed by atoms with Gasteiger partial charge in [-0.3, -0.25) is 9.20 Å². The van der Waals surface area contributed by atoms with Gasteiger partial charge in [-0.1, -0.05) is 36.7 Å². The summed E-state index contributed by atoms with van der Waals surface area (Å²) in [5.74, 6) is 0.0457. The van der Waals surface area contributed by atoms with Gasteiger partial charge in [0.15, 0.2) is 0 Å². The first-order valence-corrected chi connectivity index (χ1v) is 9.31. The summed E-state index contributed by atoms with van der Waals surface area (Å²) in [6, 6.07) is 13.9. The first kappa shape index (κ1) is 16.9. The van der Waals surface area contributed by atoms with Crippen molar-refractivity contribution in [2.24, 2.45) is 0 Å². The number of para-hydroxylation sites is 1. The van der Waals surface area contributed by atoms with E-state index >= 15 is 0 Å². The van der Waals surface area contributed by atoms with Crippen LogP contribution in [0.2, 0.25) is 5.02 Å². The van der Waals surface area contributed by atoms with Crippen molar-refractivity contribution in [3.05, 3.63) is 65.1 Å². The average molecular weight is 369 g/mol. The molecular weight excluding hydrogens is 348 g/mol. The molecule has 2 aromatic heterocycles. The number of anilines is 1. The minimum Gasteiger partial charge on any atom is -0.368 e. The van der Waals surface area contributed by atoms with E-state index in [9.17, 15) is 4.79 Å². The maximum absolute atomic E-state index is 13.2. The van der Waals surface area contributed by atoms with Gasteiger partial charge >= 0.3 is 0 Å². The molecule has 0 atom stereocenters. The highest BCUT2D eigenvalue weighted by atomic mass is 35.5. The smallest absolute Gasteiger partial charge is 0.272 e. The van der Waals surface area contributed by atoms with Gasteiger partial charge < -0.3 is 9.80 Å². The van der Waals surface area contributed by atoms with E-state index in [1.54, 1.807) is 12.1 Å². The lowest BCUT2D eigenvalue weighted by Gasteiger charge is -2.36. The molecule has 1 aromatic carbocycles. The van der Waals surface area contributed by atoms with Crippen LogP contribution in [0.4, 0.5) is 5.69 Å². The highest BCUT2D eigenvalue weighted by Gasteiger charge is 2.27. The summed E-state index contributed by atoms with van der Waals surface area (Å²) in [6.45, 7) is 5.10. The molecule has 0 spiro atoms. The Hall–Kier alpha value is -2.53. The molecule has 1 aliphatic rings. The molecule has 3 aromatic rings. The maximum atomic E-state index is 13.2. The van der Waals surface area contributed by atoms with Gasteiger partial charge in [-0.15, -0.1) is 0 Å². The lowest BCUT2D eigenvalue weighted by Crippen LogP contribution is -2.49. The number of amides is 1. The fraction of sp³-hybridized carbons (Fsp3) is 0.300. The number of halogens is 1. The van der Waals surface area contributed by atoms with Crippen LogP contribution in [-0.2, 0) is 6.42 Å². The number of hydrogen-bond donors (Lipinski definition) is 0. The minimum atomic E-state index is 0.0457. The number of benzene rings is 1. The summed E-state index contributed by atoms with van der Waals surface area (Å²) >= 11 is 6.07. The normalized spacial score (nSPS) is 14.8. The molecule has 3 heterocycles. The van der Waals surface area contributed by atoms with Crippen molar-refractivity contribution in [2.45, 2.75) is 13.3 Å². The van der Waals surface area contributed by atoms with Crippen LogP contribution in [0, 0.1) is 0 Å². The van der Waals surface area contributed by atoms with Crippen LogP contribution < -0.4 is 4.90 Å². The van der Waals surface area contributed by atoms with Crippen molar-refractivity contribution >= 4 is 28.8 Å². The lowest BCUT2D eigenvalue weighted by atomic mass is 10.2. The Bertz CT molecular complexity index is 930. The monoisotopic (exact) mass is 368 g/mol. The van der Waals surface area contributed by atoms with Crippen LogP contribution in [0.5, 0.6) is 0 Å². The van der Waals surface area contributed by atoms with E-state index < -0.39 is 0 Å². The number of aryl methyl sites for hydroxylation is 1. The molecule has 0 aliphatic carbocycles. The second kappa shape index (κ2) is 7.00. The van der Waals surface area contributed by atoms with E-state index in [0.29, 0.717) is 30.2 Å². The zero-order valence-electron chi connectivity index (χ0n) is 14.7. The van der Waals surface area contributed by atoms with E-state index in [-0.39, 0.29) is 5.91 Å². The summed E-state index contributed by atoms with van der Waals surface area (Å²) in [4.78, 5) is 22.0. The predicted molar refractivity (Wildman–Crippen MR) is 104 cm³/mol. The minimum absolute atomic E-state index is 0.0457. The Morgan fingerprint density at radius 3 is 2.54 bits per heavy atom. The molecule has 26 heavy (non-hydrogen) atoms. The number of aromatic nitrogens is 2. The molecule has 1 saturated heterocycles. The van der Waals surface area contributed by atoms with Gasteiger partial charge in [-0.25, -0.2) is 4.98 Å². The second-order valence-electron chi connectivity index (χ2n) is 6.45. The molecule has 1 aliphatic heterocycles. The van der Waals surface area contributed by atoms with Gasteiger partial charge in [0.05, 0.1) is 5.69 Å². The second-order valence-corrected chi connectivity index (χ2v) is 6.89. The summed E-state index contributed by atoms with van der Waals surface area (Å²) in [5.41, 5.74) is 3.41. The van der Waals surface area contributed by atoms with Crippen molar-refractivity contribution in [3.8, 4) is 0 Å². The van der Waals surface area contributed by atoms with Crippen molar-refractivity contribution in [1.82, 2.24) is 14.3 Å². The third kappa shape index (κ3) is 3.03. The van der Waals surface area contributed by atoms with E-state index in [2.05, 4.69) is 22.0 Å². The maximum Gasteiger partial charge on any atom is 0.272 e. The van der Waals surface area contributed by atoms with E-state index in [0.717, 1.165) is 24.4 Å². The average Bonchev–Trinajstić information content (AvgIpc) is 3.05. The van der Waals surface area contributed by atoms with Crippen LogP contribution in [-0.4, -0.2) is 46.4 Å². The zero-order valence-corrected chi connectivity index (χ0v) is 15.5. The summed E-state index contributed by atoms with van der Waals surface area (Å²) < 4.78 is 1.86. The summed E-state index contributed by atoms with van der Waals surface area (Å²) in [5, 5.41) is 0.626. The number of pyridine rings is 1. The summed E-state index contributed by atoms with van der Waals surface area (Å²) in [7, 11) is 0. The number of nitrogens with zero attached hydrogens (tertiary/aromatic N) is 4. The predicted octanol–water partition coefficient (Wildman–Crippen LogP) is 3.51. The van der Waals surface area contributed by atoms with Crippen molar-refractivity contribution in [1.29, 1.82) is 0 Å². The molecule has 0 bridgehead atoms. The number of piperazine rings is 1. The lowest BCUT2D eigenvalue weighted by molar-refractivity contribution is 0.0738. The van der Waals surface area contributed by atoms with E-state index in [4.69, 9.17) is 11.6 Å². The van der Waals surface area contributed by atoms with Gasteiger partial charge in [0.1, 0.15) is 11.3 Å². The molecule has 0 N–H and O–H groups in total. The fourth-order valence-corrected chi connectivity index (χ4v) is 3.65. The number of fused-ring (bicyclic) bond motifs is 1. The number of imidazole rings is 1. The highest BCUT2D eigenvalue weighted by Crippen LogP contribution is 2.21. The highest BCUT2D eigenvalue weighted by molar-refractivity contribution is 6.30. The number of carbonyl (C=O) groups excluding carboxylic acids is 1. The van der Waals surface area contributed by atoms with Gasteiger partial charge in [0, 0.05) is 49.2 Å². The van der Waals surface area contributed by atoms with Gasteiger partial charge in [-0.05, 0) is 24.6 Å². The molecule has 0 saturated carbocycles. The van der Waals surface area contributed by atoms with Crippen LogP contribution in [0.3, 0.4) is 0 Å². The first-order valence-electron chi connectivity index (χ1n) is 8.93. The Morgan fingerprint density at radius 2 is 1.85 bits per heavy atom. The molecule has 4 rings (SSSR count). The molecule has 1 amide bonds. The zero-order chi connectivity index (χ0) is 18.1. The molecule has 5 nitrogen and oxygen atoms in total. The topological polar surface area (TPSA) is 40.9 Å². The van der Waals surface area contributed by atoms with Crippen molar-refractivity contribution in [2.75, 3.05) is 31.1 Å². The quantitative estimate of drug-likeness (QED) is 0.710. The number of rotatable bonds is 3. The molecule has 0 unspecified atom stereocenters. The Kier molecular flexibility index (Phi) is 4.55. The Morgan fingerprint density at radius 1 is 1.12 bits per heavy atom. The van der Waals surface area contributed by atoms with Gasteiger partial charge in [0.2, 0.25) is 0 Å². The Balaban J connectivity index is 1.56. The Labute approximate surface area is 157 Å². The fourth-order valence-electron chi connectivity index (χ4n) is 3.50. The standard InChI is InChI=1S/C20H21ClN4O/c1-2-17-19(25-9-8-15(21)14-18(25)22-17)20(26)24-12-10-23(11-13-24)16-6-4-3-5-7-16/h3-9,14H,2,10-13H2,1H3. The molecular formula is C20H21ClN4O. The van der Waals surface area contributed by atoms with Crippen LogP contribution >= 0.6 is 11.6 Å². The van der Waals surface area contributed by atoms with Crippen molar-refractivity contribution in [3.63, 3.8) is 0 Å². The van der Waals surface area contributed by atoms with E-state index in [1.807, 2.05) is 40.6 Å². The number of carbonyl (C=O) groups is 1.